The van der Waals surface area contributed by atoms with E-state index in [2.05, 4.69) is 0 Å². The molecule has 6 nitrogen and oxygen atoms in total. The number of sulfonamides is 1. The maximum Gasteiger partial charge on any atom is 0.243 e. The Morgan fingerprint density at radius 3 is 2.64 bits per heavy atom. The van der Waals surface area contributed by atoms with Gasteiger partial charge in [0.05, 0.1) is 16.5 Å². The van der Waals surface area contributed by atoms with Gasteiger partial charge in [0.15, 0.2) is 6.29 Å². The number of phenolic OH excluding ortho intramolecular Hbond substituents is 1. The molecule has 2 aromatic carbocycles. The zero-order valence-corrected chi connectivity index (χ0v) is 14.4. The highest BCUT2D eigenvalue weighted by atomic mass is 32.2. The zero-order valence-electron chi connectivity index (χ0n) is 13.5. The highest BCUT2D eigenvalue weighted by molar-refractivity contribution is 7.89. The molecular weight excluding hydrogens is 342 g/mol. The highest BCUT2D eigenvalue weighted by Crippen LogP contribution is 2.29. The zero-order chi connectivity index (χ0) is 17.9. The Balaban J connectivity index is 1.77. The van der Waals surface area contributed by atoms with Crippen molar-refractivity contribution in [3.05, 3.63) is 54.1 Å². The predicted molar refractivity (Wildman–Crippen MR) is 92.3 cm³/mol. The lowest BCUT2D eigenvalue weighted by molar-refractivity contribution is 0.111. The number of nitrogens with zero attached hydrogens (tertiary/aromatic N) is 1. The molecule has 0 bridgehead atoms. The van der Waals surface area contributed by atoms with Gasteiger partial charge in [-0.15, -0.1) is 0 Å². The minimum Gasteiger partial charge on any atom is -0.507 e. The molecule has 1 heterocycles. The van der Waals surface area contributed by atoms with Crippen molar-refractivity contribution in [2.45, 2.75) is 23.8 Å². The van der Waals surface area contributed by atoms with Crippen LogP contribution in [0.3, 0.4) is 0 Å². The lowest BCUT2D eigenvalue weighted by Gasteiger charge is -2.24. The number of hydrogen-bond donors (Lipinski definition) is 1. The van der Waals surface area contributed by atoms with Crippen molar-refractivity contribution in [2.24, 2.45) is 0 Å². The Morgan fingerprint density at radius 2 is 1.92 bits per heavy atom. The van der Waals surface area contributed by atoms with Gasteiger partial charge < -0.3 is 9.84 Å². The third kappa shape index (κ3) is 3.52. The van der Waals surface area contributed by atoms with E-state index in [0.29, 0.717) is 19.3 Å². The van der Waals surface area contributed by atoms with E-state index in [4.69, 9.17) is 4.74 Å². The summed E-state index contributed by atoms with van der Waals surface area (Å²) in [5.74, 6) is 0.0895. The molecule has 0 radical (unpaired) electrons. The van der Waals surface area contributed by atoms with Gasteiger partial charge in [-0.2, -0.15) is 4.31 Å². The third-order valence-electron chi connectivity index (χ3n) is 4.27. The normalized spacial score (nSPS) is 18.2. The number of hydrogen-bond acceptors (Lipinski definition) is 5. The second kappa shape index (κ2) is 7.25. The van der Waals surface area contributed by atoms with Crippen LogP contribution in [-0.4, -0.2) is 43.3 Å². The summed E-state index contributed by atoms with van der Waals surface area (Å²) in [7, 11) is -3.58. The summed E-state index contributed by atoms with van der Waals surface area (Å²) >= 11 is 0. The summed E-state index contributed by atoms with van der Waals surface area (Å²) < 4.78 is 32.7. The fourth-order valence-corrected chi connectivity index (χ4v) is 4.68. The number of carbonyl (C=O) groups excluding carboxylic acids is 1. The number of benzene rings is 2. The largest absolute Gasteiger partial charge is 0.507 e. The lowest BCUT2D eigenvalue weighted by Crippen LogP contribution is -2.39. The molecular formula is C18H19NO5S. The van der Waals surface area contributed by atoms with Crippen LogP contribution < -0.4 is 4.74 Å². The van der Waals surface area contributed by atoms with Crippen LogP contribution in [0.2, 0.25) is 0 Å². The van der Waals surface area contributed by atoms with Gasteiger partial charge in [-0.3, -0.25) is 4.79 Å². The van der Waals surface area contributed by atoms with Crippen molar-refractivity contribution in [1.29, 1.82) is 0 Å². The maximum absolute atomic E-state index is 12.8. The average molecular weight is 361 g/mol. The summed E-state index contributed by atoms with van der Waals surface area (Å²) in [5, 5.41) is 9.70. The average Bonchev–Trinajstić information content (AvgIpc) is 3.10. The molecule has 0 aromatic heterocycles. The van der Waals surface area contributed by atoms with Crippen molar-refractivity contribution in [3.8, 4) is 11.5 Å². The Kier molecular flexibility index (Phi) is 5.06. The van der Waals surface area contributed by atoms with Crippen LogP contribution >= 0.6 is 0 Å². The third-order valence-corrected chi connectivity index (χ3v) is 6.23. The first-order valence-corrected chi connectivity index (χ1v) is 9.45. The molecule has 3 rings (SSSR count). The van der Waals surface area contributed by atoms with Crippen LogP contribution in [0.1, 0.15) is 23.2 Å². The molecule has 1 atom stereocenters. The van der Waals surface area contributed by atoms with Gasteiger partial charge in [0.1, 0.15) is 18.1 Å². The van der Waals surface area contributed by atoms with E-state index in [1.54, 1.807) is 42.5 Å². The Bertz CT molecular complexity index is 851. The van der Waals surface area contributed by atoms with Gasteiger partial charge >= 0.3 is 0 Å². The lowest BCUT2D eigenvalue weighted by atomic mass is 10.2. The minimum absolute atomic E-state index is 0.0676. The molecule has 1 N–H and O–H groups in total. The second-order valence-electron chi connectivity index (χ2n) is 5.84. The van der Waals surface area contributed by atoms with Crippen molar-refractivity contribution in [2.75, 3.05) is 13.2 Å². The molecule has 1 fully saturated rings. The fraction of sp³-hybridized carbons (Fsp3) is 0.278. The first-order chi connectivity index (χ1) is 12.0. The number of aromatic hydroxyl groups is 1. The molecule has 0 saturated carbocycles. The second-order valence-corrected chi connectivity index (χ2v) is 7.73. The summed E-state index contributed by atoms with van der Waals surface area (Å²) in [4.78, 5) is 11.4. The molecule has 25 heavy (non-hydrogen) atoms. The predicted octanol–water partition coefficient (Wildman–Crippen LogP) is 2.44. The van der Waals surface area contributed by atoms with E-state index in [0.717, 1.165) is 6.42 Å². The monoisotopic (exact) mass is 361 g/mol. The van der Waals surface area contributed by atoms with Crippen molar-refractivity contribution >= 4 is 16.3 Å². The molecule has 1 aliphatic rings. The van der Waals surface area contributed by atoms with Crippen molar-refractivity contribution in [3.63, 3.8) is 0 Å². The highest BCUT2D eigenvalue weighted by Gasteiger charge is 2.35. The van der Waals surface area contributed by atoms with E-state index in [9.17, 15) is 18.3 Å². The topological polar surface area (TPSA) is 83.9 Å². The van der Waals surface area contributed by atoms with E-state index in [1.807, 2.05) is 0 Å². The Labute approximate surface area is 146 Å². The summed E-state index contributed by atoms with van der Waals surface area (Å²) in [6.45, 7) is 0.558. The number of ether oxygens (including phenoxy) is 1. The number of aldehydes is 1. The molecule has 1 saturated heterocycles. The molecule has 7 heteroatoms. The van der Waals surface area contributed by atoms with E-state index in [1.165, 1.54) is 10.4 Å². The van der Waals surface area contributed by atoms with E-state index < -0.39 is 10.0 Å². The molecule has 1 aliphatic heterocycles. The molecule has 0 spiro atoms. The number of carbonyl (C=O) groups is 1. The first kappa shape index (κ1) is 17.4. The van der Waals surface area contributed by atoms with E-state index in [-0.39, 0.29) is 34.6 Å². The van der Waals surface area contributed by atoms with Gasteiger partial charge in [-0.05, 0) is 37.1 Å². The smallest absolute Gasteiger partial charge is 0.243 e. The first-order valence-electron chi connectivity index (χ1n) is 8.01. The van der Waals surface area contributed by atoms with Gasteiger partial charge in [0.2, 0.25) is 10.0 Å². The van der Waals surface area contributed by atoms with Gasteiger partial charge in [-0.1, -0.05) is 24.3 Å². The van der Waals surface area contributed by atoms with Gasteiger partial charge in [0.25, 0.3) is 0 Å². The number of phenols is 1. The quantitative estimate of drug-likeness (QED) is 0.799. The van der Waals surface area contributed by atoms with Crippen LogP contribution in [0, 0.1) is 0 Å². The maximum atomic E-state index is 12.8. The fourth-order valence-electron chi connectivity index (χ4n) is 2.98. The van der Waals surface area contributed by atoms with Gasteiger partial charge in [0, 0.05) is 6.54 Å². The van der Waals surface area contributed by atoms with Crippen LogP contribution in [-0.2, 0) is 10.0 Å². The number of rotatable bonds is 6. The molecule has 0 aliphatic carbocycles. The van der Waals surface area contributed by atoms with Crippen LogP contribution in [0.5, 0.6) is 11.5 Å². The Hall–Kier alpha value is -2.38. The standard InChI is InChI=1S/C18H19NO5S/c20-12-16-17(21)9-4-10-18(16)24-13-14-6-5-11-19(14)25(22,23)15-7-2-1-3-8-15/h1-4,7-10,12,14,21H,5-6,11,13H2/t14-/m0/s1. The van der Waals surface area contributed by atoms with Crippen molar-refractivity contribution in [1.82, 2.24) is 4.31 Å². The molecule has 0 amide bonds. The van der Waals surface area contributed by atoms with Crippen LogP contribution in [0.4, 0.5) is 0 Å². The summed E-state index contributed by atoms with van der Waals surface area (Å²) in [5.41, 5.74) is 0.0676. The molecule has 132 valence electrons. The van der Waals surface area contributed by atoms with Gasteiger partial charge in [-0.25, -0.2) is 8.42 Å². The molecule has 2 aromatic rings. The Morgan fingerprint density at radius 1 is 1.16 bits per heavy atom. The van der Waals surface area contributed by atoms with E-state index >= 15 is 0 Å². The molecule has 0 unspecified atom stereocenters. The van der Waals surface area contributed by atoms with Crippen LogP contribution in [0.25, 0.3) is 0 Å². The van der Waals surface area contributed by atoms with Crippen LogP contribution in [0.15, 0.2) is 53.4 Å². The summed E-state index contributed by atoms with van der Waals surface area (Å²) in [6, 6.07) is 12.5. The SMILES string of the molecule is O=Cc1c(O)cccc1OC[C@@H]1CCCN1S(=O)(=O)c1ccccc1. The van der Waals surface area contributed by atoms with Crippen molar-refractivity contribution < 1.29 is 23.1 Å². The minimum atomic E-state index is -3.58. The summed E-state index contributed by atoms with van der Waals surface area (Å²) in [6.07, 6.45) is 1.96.